The van der Waals surface area contributed by atoms with Gasteiger partial charge in [-0.2, -0.15) is 0 Å². The standard InChI is InChI=1S/C22H22O/c1-22(2,3)18-14-13-17(15-18)19-11-7-8-12-20(19)21(23)16-9-5-4-6-10-16/h4-15,17H,1-3H3. The molecule has 116 valence electrons. The Morgan fingerprint density at radius 1 is 0.913 bits per heavy atom. The topological polar surface area (TPSA) is 17.1 Å². The van der Waals surface area contributed by atoms with E-state index in [0.717, 1.165) is 16.7 Å². The van der Waals surface area contributed by atoms with Crippen LogP contribution in [-0.2, 0) is 0 Å². The molecule has 1 nitrogen and oxygen atoms in total. The molecule has 1 heteroatoms. The van der Waals surface area contributed by atoms with Crippen LogP contribution in [0.2, 0.25) is 0 Å². The highest BCUT2D eigenvalue weighted by molar-refractivity contribution is 6.10. The predicted molar refractivity (Wildman–Crippen MR) is 95.7 cm³/mol. The first-order chi connectivity index (χ1) is 11.0. The van der Waals surface area contributed by atoms with Gasteiger partial charge in [0.2, 0.25) is 0 Å². The molecular formula is C22H22O. The Hall–Kier alpha value is -2.41. The first-order valence-corrected chi connectivity index (χ1v) is 8.06. The van der Waals surface area contributed by atoms with Gasteiger partial charge in [-0.15, -0.1) is 0 Å². The van der Waals surface area contributed by atoms with E-state index in [-0.39, 0.29) is 17.1 Å². The minimum Gasteiger partial charge on any atom is -0.289 e. The number of hydrogen-bond acceptors (Lipinski definition) is 1. The fourth-order valence-corrected chi connectivity index (χ4v) is 2.94. The molecule has 0 fully saturated rings. The fourth-order valence-electron chi connectivity index (χ4n) is 2.94. The van der Waals surface area contributed by atoms with Crippen molar-refractivity contribution >= 4 is 5.78 Å². The van der Waals surface area contributed by atoms with E-state index in [1.54, 1.807) is 0 Å². The highest BCUT2D eigenvalue weighted by atomic mass is 16.1. The molecule has 0 bridgehead atoms. The molecule has 3 rings (SSSR count). The van der Waals surface area contributed by atoms with E-state index in [1.807, 2.05) is 48.5 Å². The Balaban J connectivity index is 1.99. The zero-order valence-electron chi connectivity index (χ0n) is 13.9. The summed E-state index contributed by atoms with van der Waals surface area (Å²) in [5, 5.41) is 0. The molecule has 1 aliphatic carbocycles. The van der Waals surface area contributed by atoms with Gasteiger partial charge in [0.25, 0.3) is 0 Å². The van der Waals surface area contributed by atoms with Crippen LogP contribution >= 0.6 is 0 Å². The Morgan fingerprint density at radius 2 is 1.57 bits per heavy atom. The third kappa shape index (κ3) is 3.19. The van der Waals surface area contributed by atoms with E-state index in [0.29, 0.717) is 0 Å². The number of benzene rings is 2. The number of rotatable bonds is 3. The van der Waals surface area contributed by atoms with Crippen molar-refractivity contribution in [2.75, 3.05) is 0 Å². The maximum absolute atomic E-state index is 12.9. The summed E-state index contributed by atoms with van der Waals surface area (Å²) in [6.45, 7) is 6.64. The SMILES string of the molecule is CC(C)(C)C1=CC(c2ccccc2C(=O)c2ccccc2)C=C1. The normalized spacial score (nSPS) is 17.2. The molecule has 0 aliphatic heterocycles. The van der Waals surface area contributed by atoms with Gasteiger partial charge >= 0.3 is 0 Å². The lowest BCUT2D eigenvalue weighted by atomic mass is 9.86. The average Bonchev–Trinajstić information content (AvgIpc) is 3.05. The minimum atomic E-state index is 0.0900. The van der Waals surface area contributed by atoms with Crippen molar-refractivity contribution in [1.82, 2.24) is 0 Å². The van der Waals surface area contributed by atoms with Crippen molar-refractivity contribution in [2.24, 2.45) is 5.41 Å². The van der Waals surface area contributed by atoms with Gasteiger partial charge in [-0.05, 0) is 16.6 Å². The maximum atomic E-state index is 12.9. The van der Waals surface area contributed by atoms with Crippen molar-refractivity contribution in [3.8, 4) is 0 Å². The van der Waals surface area contributed by atoms with E-state index in [1.165, 1.54) is 5.57 Å². The van der Waals surface area contributed by atoms with E-state index < -0.39 is 0 Å². The summed E-state index contributed by atoms with van der Waals surface area (Å²) in [5.41, 5.74) is 4.06. The Kier molecular flexibility index (Phi) is 4.04. The minimum absolute atomic E-state index is 0.0900. The number of allylic oxidation sites excluding steroid dienone is 4. The second-order valence-electron chi connectivity index (χ2n) is 7.04. The van der Waals surface area contributed by atoms with Crippen molar-refractivity contribution in [2.45, 2.75) is 26.7 Å². The van der Waals surface area contributed by atoms with Crippen LogP contribution in [0, 0.1) is 5.41 Å². The van der Waals surface area contributed by atoms with Crippen LogP contribution < -0.4 is 0 Å². The molecular weight excluding hydrogens is 280 g/mol. The van der Waals surface area contributed by atoms with Crippen molar-refractivity contribution < 1.29 is 4.79 Å². The lowest BCUT2D eigenvalue weighted by Gasteiger charge is -2.19. The number of ketones is 1. The summed E-state index contributed by atoms with van der Waals surface area (Å²) in [7, 11) is 0. The zero-order chi connectivity index (χ0) is 16.4. The summed E-state index contributed by atoms with van der Waals surface area (Å²) in [4.78, 5) is 12.9. The third-order valence-corrected chi connectivity index (χ3v) is 4.31. The first-order valence-electron chi connectivity index (χ1n) is 8.06. The molecule has 0 spiro atoms. The number of carbonyl (C=O) groups excluding carboxylic acids is 1. The van der Waals surface area contributed by atoms with E-state index >= 15 is 0 Å². The molecule has 0 N–H and O–H groups in total. The van der Waals surface area contributed by atoms with Crippen LogP contribution in [0.1, 0.15) is 48.2 Å². The predicted octanol–water partition coefficient (Wildman–Crippen LogP) is 5.54. The molecule has 0 saturated carbocycles. The average molecular weight is 302 g/mol. The summed E-state index contributed by atoms with van der Waals surface area (Å²) in [5.74, 6) is 0.264. The Bertz CT molecular complexity index is 773. The molecule has 0 aromatic heterocycles. The van der Waals surface area contributed by atoms with Crippen LogP contribution in [0.15, 0.2) is 78.4 Å². The highest BCUT2D eigenvalue weighted by Crippen LogP contribution is 2.37. The lowest BCUT2D eigenvalue weighted by Crippen LogP contribution is -2.08. The molecule has 0 heterocycles. The second-order valence-corrected chi connectivity index (χ2v) is 7.04. The monoisotopic (exact) mass is 302 g/mol. The largest absolute Gasteiger partial charge is 0.289 e. The number of carbonyl (C=O) groups is 1. The van der Waals surface area contributed by atoms with Crippen molar-refractivity contribution in [3.63, 3.8) is 0 Å². The van der Waals surface area contributed by atoms with Crippen LogP contribution in [0.5, 0.6) is 0 Å². The van der Waals surface area contributed by atoms with Crippen LogP contribution in [0.25, 0.3) is 0 Å². The van der Waals surface area contributed by atoms with E-state index in [9.17, 15) is 4.79 Å². The molecule has 0 radical (unpaired) electrons. The molecule has 0 saturated heterocycles. The summed E-state index contributed by atoms with van der Waals surface area (Å²) in [6.07, 6.45) is 6.66. The molecule has 23 heavy (non-hydrogen) atoms. The second kappa shape index (κ2) is 6.00. The fraction of sp³-hybridized carbons (Fsp3) is 0.227. The van der Waals surface area contributed by atoms with Gasteiger partial charge < -0.3 is 0 Å². The van der Waals surface area contributed by atoms with Crippen LogP contribution in [0.3, 0.4) is 0 Å². The lowest BCUT2D eigenvalue weighted by molar-refractivity contribution is 0.103. The van der Waals surface area contributed by atoms with Gasteiger partial charge in [-0.25, -0.2) is 0 Å². The zero-order valence-corrected chi connectivity index (χ0v) is 13.9. The van der Waals surface area contributed by atoms with Gasteiger partial charge in [0.15, 0.2) is 5.78 Å². The number of hydrogen-bond donors (Lipinski definition) is 0. The van der Waals surface area contributed by atoms with Crippen LogP contribution in [-0.4, -0.2) is 5.78 Å². The van der Waals surface area contributed by atoms with Crippen molar-refractivity contribution in [1.29, 1.82) is 0 Å². The maximum Gasteiger partial charge on any atom is 0.193 e. The first kappa shape index (κ1) is 15.5. The molecule has 0 amide bonds. The summed E-state index contributed by atoms with van der Waals surface area (Å²) >= 11 is 0. The smallest absolute Gasteiger partial charge is 0.193 e. The Labute approximate surface area is 138 Å². The third-order valence-electron chi connectivity index (χ3n) is 4.31. The Morgan fingerprint density at radius 3 is 2.22 bits per heavy atom. The molecule has 1 atom stereocenters. The van der Waals surface area contributed by atoms with Gasteiger partial charge in [0, 0.05) is 17.0 Å². The molecule has 2 aromatic carbocycles. The summed E-state index contributed by atoms with van der Waals surface area (Å²) < 4.78 is 0. The highest BCUT2D eigenvalue weighted by Gasteiger charge is 2.23. The molecule has 1 aliphatic rings. The summed E-state index contributed by atoms with van der Waals surface area (Å²) in [6, 6.07) is 17.4. The van der Waals surface area contributed by atoms with Gasteiger partial charge in [-0.3, -0.25) is 4.79 Å². The van der Waals surface area contributed by atoms with E-state index in [2.05, 4.69) is 45.1 Å². The van der Waals surface area contributed by atoms with E-state index in [4.69, 9.17) is 0 Å². The van der Waals surface area contributed by atoms with Gasteiger partial charge in [0.1, 0.15) is 0 Å². The van der Waals surface area contributed by atoms with Crippen molar-refractivity contribution in [3.05, 3.63) is 95.1 Å². The quantitative estimate of drug-likeness (QED) is 0.680. The molecule has 1 unspecified atom stereocenters. The molecule has 2 aromatic rings. The van der Waals surface area contributed by atoms with Crippen LogP contribution in [0.4, 0.5) is 0 Å². The van der Waals surface area contributed by atoms with Gasteiger partial charge in [-0.1, -0.05) is 93.6 Å². The van der Waals surface area contributed by atoms with Gasteiger partial charge in [0.05, 0.1) is 0 Å².